The van der Waals surface area contributed by atoms with Crippen LogP contribution in [0.1, 0.15) is 10.4 Å². The molecule has 0 saturated heterocycles. The predicted molar refractivity (Wildman–Crippen MR) is 114 cm³/mol. The van der Waals surface area contributed by atoms with Crippen LogP contribution in [-0.2, 0) is 0 Å². The maximum Gasteiger partial charge on any atom is 0.255 e. The lowest BCUT2D eigenvalue weighted by Crippen LogP contribution is -2.12. The number of aromatic nitrogens is 3. The molecule has 7 nitrogen and oxygen atoms in total. The molecule has 7 heteroatoms. The van der Waals surface area contributed by atoms with Crippen molar-refractivity contribution in [2.45, 2.75) is 0 Å². The molecule has 1 amide bonds. The lowest BCUT2D eigenvalue weighted by atomic mass is 10.1. The molecule has 4 aromatic rings. The zero-order chi connectivity index (χ0) is 19.9. The summed E-state index contributed by atoms with van der Waals surface area (Å²) >= 11 is 0. The van der Waals surface area contributed by atoms with Crippen LogP contribution < -0.4 is 16.0 Å². The fraction of sp³-hybridized carbons (Fsp3) is 0. The Hall–Kier alpha value is -4.26. The Morgan fingerprint density at radius 3 is 2.14 bits per heavy atom. The highest BCUT2D eigenvalue weighted by Crippen LogP contribution is 2.21. The van der Waals surface area contributed by atoms with E-state index in [1.54, 1.807) is 36.9 Å². The van der Waals surface area contributed by atoms with Gasteiger partial charge in [-0.1, -0.05) is 12.1 Å². The minimum atomic E-state index is -0.189. The van der Waals surface area contributed by atoms with E-state index in [1.807, 2.05) is 54.6 Å². The van der Waals surface area contributed by atoms with E-state index in [0.29, 0.717) is 11.3 Å². The van der Waals surface area contributed by atoms with Crippen LogP contribution >= 0.6 is 0 Å². The van der Waals surface area contributed by atoms with Gasteiger partial charge in [0.05, 0.1) is 18.1 Å². The largest absolute Gasteiger partial charge is 0.355 e. The summed E-state index contributed by atoms with van der Waals surface area (Å²) in [6.07, 6.45) is 6.66. The van der Waals surface area contributed by atoms with E-state index < -0.39 is 0 Å². The zero-order valence-electron chi connectivity index (χ0n) is 15.4. The van der Waals surface area contributed by atoms with Crippen LogP contribution in [0.25, 0.3) is 0 Å². The van der Waals surface area contributed by atoms with Crippen LogP contribution in [0.3, 0.4) is 0 Å². The molecule has 0 radical (unpaired) electrons. The van der Waals surface area contributed by atoms with Gasteiger partial charge in [0.1, 0.15) is 0 Å². The minimum absolute atomic E-state index is 0.189. The molecule has 0 aliphatic carbocycles. The summed E-state index contributed by atoms with van der Waals surface area (Å²) in [5, 5.41) is 17.0. The van der Waals surface area contributed by atoms with Crippen LogP contribution in [0, 0.1) is 0 Å². The summed E-state index contributed by atoms with van der Waals surface area (Å²) in [6, 6.07) is 20.4. The first kappa shape index (κ1) is 18.1. The second-order valence-electron chi connectivity index (χ2n) is 6.23. The van der Waals surface area contributed by atoms with Crippen molar-refractivity contribution in [2.24, 2.45) is 0 Å². The van der Waals surface area contributed by atoms with E-state index in [2.05, 4.69) is 31.1 Å². The number of carbonyl (C=O) groups excluding carboxylic acids is 1. The number of hydrogen-bond donors (Lipinski definition) is 3. The molecule has 0 bridgehead atoms. The molecular weight excluding hydrogens is 364 g/mol. The highest BCUT2D eigenvalue weighted by atomic mass is 16.1. The Morgan fingerprint density at radius 1 is 0.655 bits per heavy atom. The Bertz CT molecular complexity index is 1100. The lowest BCUT2D eigenvalue weighted by molar-refractivity contribution is 0.102. The standard InChI is InChI=1S/C22H18N6O/c29-22(16-3-1-4-18(13-16)26-17-7-10-23-11-8-17)28-20-6-2-5-19(14-20)27-21-9-12-24-25-15-21/h1-15H,(H,23,26)(H,24,27)(H,28,29). The van der Waals surface area contributed by atoms with Gasteiger partial charge in [-0.15, -0.1) is 0 Å². The van der Waals surface area contributed by atoms with Gasteiger partial charge in [0.15, 0.2) is 0 Å². The van der Waals surface area contributed by atoms with E-state index in [9.17, 15) is 4.79 Å². The molecule has 0 fully saturated rings. The van der Waals surface area contributed by atoms with Gasteiger partial charge in [0, 0.05) is 40.7 Å². The van der Waals surface area contributed by atoms with Crippen molar-refractivity contribution >= 4 is 34.3 Å². The van der Waals surface area contributed by atoms with Gasteiger partial charge >= 0.3 is 0 Å². The number of rotatable bonds is 6. The summed E-state index contributed by atoms with van der Waals surface area (Å²) in [6.45, 7) is 0. The lowest BCUT2D eigenvalue weighted by Gasteiger charge is -2.11. The number of nitrogens with one attached hydrogen (secondary N) is 3. The van der Waals surface area contributed by atoms with E-state index in [0.717, 1.165) is 22.7 Å². The maximum atomic E-state index is 12.7. The van der Waals surface area contributed by atoms with Crippen molar-refractivity contribution in [3.63, 3.8) is 0 Å². The molecular formula is C22H18N6O. The number of nitrogens with zero attached hydrogens (tertiary/aromatic N) is 3. The summed E-state index contributed by atoms with van der Waals surface area (Å²) in [5.74, 6) is -0.189. The van der Waals surface area contributed by atoms with Crippen molar-refractivity contribution in [2.75, 3.05) is 16.0 Å². The fourth-order valence-electron chi connectivity index (χ4n) is 2.75. The summed E-state index contributed by atoms with van der Waals surface area (Å²) < 4.78 is 0. The van der Waals surface area contributed by atoms with Crippen LogP contribution in [0.4, 0.5) is 28.4 Å². The first-order valence-corrected chi connectivity index (χ1v) is 8.98. The summed E-state index contributed by atoms with van der Waals surface area (Å²) in [5.41, 5.74) is 4.63. The van der Waals surface area contributed by atoms with Crippen molar-refractivity contribution in [3.05, 3.63) is 97.1 Å². The van der Waals surface area contributed by atoms with Crippen LogP contribution in [0.15, 0.2) is 91.5 Å². The Morgan fingerprint density at radius 2 is 1.34 bits per heavy atom. The predicted octanol–water partition coefficient (Wildman–Crippen LogP) is 4.61. The molecule has 2 heterocycles. The van der Waals surface area contributed by atoms with Crippen molar-refractivity contribution < 1.29 is 4.79 Å². The highest BCUT2D eigenvalue weighted by molar-refractivity contribution is 6.05. The van der Waals surface area contributed by atoms with Crippen molar-refractivity contribution in [3.8, 4) is 0 Å². The third-order valence-corrected chi connectivity index (χ3v) is 4.09. The third kappa shape index (κ3) is 4.92. The number of hydrogen-bond acceptors (Lipinski definition) is 6. The van der Waals surface area contributed by atoms with Crippen LogP contribution in [0.2, 0.25) is 0 Å². The molecule has 0 unspecified atom stereocenters. The molecule has 0 aliphatic rings. The van der Waals surface area contributed by atoms with Gasteiger partial charge in [-0.2, -0.15) is 10.2 Å². The van der Waals surface area contributed by atoms with Crippen LogP contribution in [0.5, 0.6) is 0 Å². The second kappa shape index (κ2) is 8.62. The summed E-state index contributed by atoms with van der Waals surface area (Å²) in [4.78, 5) is 16.7. The van der Waals surface area contributed by atoms with E-state index in [1.165, 1.54) is 0 Å². The Kier molecular flexibility index (Phi) is 5.39. The monoisotopic (exact) mass is 382 g/mol. The molecule has 2 aromatic heterocycles. The zero-order valence-corrected chi connectivity index (χ0v) is 15.4. The molecule has 0 aliphatic heterocycles. The van der Waals surface area contributed by atoms with Crippen molar-refractivity contribution in [1.82, 2.24) is 15.2 Å². The average molecular weight is 382 g/mol. The molecule has 142 valence electrons. The quantitative estimate of drug-likeness (QED) is 0.451. The Balaban J connectivity index is 1.45. The van der Waals surface area contributed by atoms with E-state index >= 15 is 0 Å². The molecule has 4 rings (SSSR count). The topological polar surface area (TPSA) is 91.8 Å². The van der Waals surface area contributed by atoms with Gasteiger partial charge in [-0.05, 0) is 54.6 Å². The molecule has 3 N–H and O–H groups in total. The summed E-state index contributed by atoms with van der Waals surface area (Å²) in [7, 11) is 0. The first-order chi connectivity index (χ1) is 14.3. The maximum absolute atomic E-state index is 12.7. The van der Waals surface area contributed by atoms with Gasteiger partial charge < -0.3 is 16.0 Å². The van der Waals surface area contributed by atoms with Crippen molar-refractivity contribution in [1.29, 1.82) is 0 Å². The number of anilines is 5. The number of pyridine rings is 1. The number of benzene rings is 2. The Labute approximate surface area is 167 Å². The fourth-order valence-corrected chi connectivity index (χ4v) is 2.75. The molecule has 29 heavy (non-hydrogen) atoms. The smallest absolute Gasteiger partial charge is 0.255 e. The second-order valence-corrected chi connectivity index (χ2v) is 6.23. The highest BCUT2D eigenvalue weighted by Gasteiger charge is 2.08. The molecule has 0 saturated carbocycles. The van der Waals surface area contributed by atoms with E-state index in [-0.39, 0.29) is 5.91 Å². The van der Waals surface area contributed by atoms with Gasteiger partial charge in [0.25, 0.3) is 5.91 Å². The SMILES string of the molecule is O=C(Nc1cccc(Nc2ccnnc2)c1)c1cccc(Nc2ccncc2)c1. The van der Waals surface area contributed by atoms with Gasteiger partial charge in [-0.3, -0.25) is 9.78 Å². The van der Waals surface area contributed by atoms with Gasteiger partial charge in [-0.25, -0.2) is 0 Å². The molecule has 2 aromatic carbocycles. The molecule has 0 spiro atoms. The average Bonchev–Trinajstić information content (AvgIpc) is 2.76. The minimum Gasteiger partial charge on any atom is -0.355 e. The number of carbonyl (C=O) groups is 1. The first-order valence-electron chi connectivity index (χ1n) is 8.98. The normalized spacial score (nSPS) is 10.2. The molecule has 0 atom stereocenters. The third-order valence-electron chi connectivity index (χ3n) is 4.09. The number of amides is 1. The van der Waals surface area contributed by atoms with E-state index in [4.69, 9.17) is 0 Å². The van der Waals surface area contributed by atoms with Crippen LogP contribution in [-0.4, -0.2) is 21.1 Å². The van der Waals surface area contributed by atoms with Gasteiger partial charge in [0.2, 0.25) is 0 Å².